The van der Waals surface area contributed by atoms with Crippen LogP contribution in [0, 0.1) is 5.92 Å². The Balaban J connectivity index is 1.31. The average Bonchev–Trinajstić information content (AvgIpc) is 3.38. The number of nitrogens with one attached hydrogen (secondary N) is 2. The molecular formula is C27H34N4O5. The Labute approximate surface area is 211 Å². The second kappa shape index (κ2) is 11.2. The van der Waals surface area contributed by atoms with Gasteiger partial charge in [0.25, 0.3) is 11.8 Å². The first-order chi connectivity index (χ1) is 17.6. The zero-order valence-corrected chi connectivity index (χ0v) is 20.8. The average molecular weight is 495 g/mol. The quantitative estimate of drug-likeness (QED) is 0.611. The monoisotopic (exact) mass is 494 g/mol. The second-order valence-electron chi connectivity index (χ2n) is 9.63. The number of amides is 2. The summed E-state index contributed by atoms with van der Waals surface area (Å²) in [6, 6.07) is 10.7. The van der Waals surface area contributed by atoms with E-state index < -0.39 is 0 Å². The minimum atomic E-state index is -0.272. The third-order valence-corrected chi connectivity index (χ3v) is 7.08. The van der Waals surface area contributed by atoms with Gasteiger partial charge in [-0.15, -0.1) is 0 Å². The number of piperidine rings is 1. The largest absolute Gasteiger partial charge is 0.454 e. The number of hydrogen-bond acceptors (Lipinski definition) is 7. The van der Waals surface area contributed by atoms with E-state index in [9.17, 15) is 9.59 Å². The highest BCUT2D eigenvalue weighted by Crippen LogP contribution is 2.33. The van der Waals surface area contributed by atoms with Crippen molar-refractivity contribution in [2.75, 3.05) is 69.5 Å². The van der Waals surface area contributed by atoms with Gasteiger partial charge >= 0.3 is 0 Å². The number of rotatable bonds is 7. The smallest absolute Gasteiger partial charge is 0.255 e. The number of hydrogen-bond donors (Lipinski definition) is 2. The summed E-state index contributed by atoms with van der Waals surface area (Å²) in [5.74, 6) is 1.47. The summed E-state index contributed by atoms with van der Waals surface area (Å²) in [6.45, 7) is 8.83. The third-order valence-electron chi connectivity index (χ3n) is 7.08. The van der Waals surface area contributed by atoms with Crippen LogP contribution in [-0.2, 0) is 4.74 Å². The van der Waals surface area contributed by atoms with E-state index in [1.807, 2.05) is 12.1 Å². The van der Waals surface area contributed by atoms with E-state index in [0.717, 1.165) is 64.5 Å². The molecular weight excluding hydrogens is 460 g/mol. The van der Waals surface area contributed by atoms with Crippen LogP contribution in [0.4, 0.5) is 11.4 Å². The van der Waals surface area contributed by atoms with Crippen molar-refractivity contribution < 1.29 is 23.8 Å². The first-order valence-corrected chi connectivity index (χ1v) is 12.7. The lowest BCUT2D eigenvalue weighted by atomic mass is 9.97. The van der Waals surface area contributed by atoms with E-state index in [0.29, 0.717) is 40.8 Å². The molecule has 2 N–H and O–H groups in total. The summed E-state index contributed by atoms with van der Waals surface area (Å²) in [5.41, 5.74) is 2.52. The first-order valence-electron chi connectivity index (χ1n) is 12.7. The number of morpholine rings is 1. The van der Waals surface area contributed by atoms with E-state index in [1.165, 1.54) is 0 Å². The van der Waals surface area contributed by atoms with E-state index in [4.69, 9.17) is 14.2 Å². The molecule has 0 bridgehead atoms. The minimum absolute atomic E-state index is 0.129. The fourth-order valence-electron chi connectivity index (χ4n) is 4.81. The Bertz CT molecular complexity index is 1090. The van der Waals surface area contributed by atoms with Crippen molar-refractivity contribution in [2.24, 2.45) is 5.92 Å². The molecule has 0 spiro atoms. The molecule has 2 aromatic carbocycles. The molecule has 9 nitrogen and oxygen atoms in total. The van der Waals surface area contributed by atoms with Gasteiger partial charge in [-0.05, 0) is 55.2 Å². The van der Waals surface area contributed by atoms with E-state index in [2.05, 4.69) is 27.4 Å². The van der Waals surface area contributed by atoms with Crippen LogP contribution >= 0.6 is 0 Å². The molecule has 0 atom stereocenters. The lowest BCUT2D eigenvalue weighted by molar-refractivity contribution is 0.0383. The van der Waals surface area contributed by atoms with Gasteiger partial charge in [-0.25, -0.2) is 0 Å². The molecule has 36 heavy (non-hydrogen) atoms. The molecule has 0 aliphatic carbocycles. The summed E-state index contributed by atoms with van der Waals surface area (Å²) in [4.78, 5) is 30.8. The van der Waals surface area contributed by atoms with Crippen molar-refractivity contribution in [3.63, 3.8) is 0 Å². The Morgan fingerprint density at radius 3 is 2.53 bits per heavy atom. The molecule has 3 heterocycles. The zero-order chi connectivity index (χ0) is 24.9. The first kappa shape index (κ1) is 24.4. The lowest BCUT2D eigenvalue weighted by Gasteiger charge is -2.33. The highest BCUT2D eigenvalue weighted by atomic mass is 16.7. The van der Waals surface area contributed by atoms with Gasteiger partial charge in [0.05, 0.1) is 18.8 Å². The van der Waals surface area contributed by atoms with Crippen LogP contribution in [0.25, 0.3) is 0 Å². The van der Waals surface area contributed by atoms with Gasteiger partial charge in [0, 0.05) is 56.2 Å². The molecule has 5 rings (SSSR count). The lowest BCUT2D eigenvalue weighted by Crippen LogP contribution is -2.41. The van der Waals surface area contributed by atoms with Gasteiger partial charge in [-0.3, -0.25) is 14.5 Å². The highest BCUT2D eigenvalue weighted by Gasteiger charge is 2.23. The van der Waals surface area contributed by atoms with Crippen LogP contribution < -0.4 is 25.0 Å². The fourth-order valence-corrected chi connectivity index (χ4v) is 4.81. The minimum Gasteiger partial charge on any atom is -0.454 e. The van der Waals surface area contributed by atoms with Crippen molar-refractivity contribution in [2.45, 2.75) is 19.8 Å². The maximum absolute atomic E-state index is 13.3. The molecule has 2 fully saturated rings. The van der Waals surface area contributed by atoms with Gasteiger partial charge in [0.15, 0.2) is 11.5 Å². The molecule has 2 aromatic rings. The van der Waals surface area contributed by atoms with Crippen LogP contribution in [0.15, 0.2) is 36.4 Å². The number of benzene rings is 2. The molecule has 2 saturated heterocycles. The third kappa shape index (κ3) is 5.74. The molecule has 192 valence electrons. The van der Waals surface area contributed by atoms with Gasteiger partial charge in [0.2, 0.25) is 6.79 Å². The maximum atomic E-state index is 13.3. The van der Waals surface area contributed by atoms with Crippen LogP contribution in [-0.4, -0.2) is 76.0 Å². The van der Waals surface area contributed by atoms with Crippen molar-refractivity contribution in [1.29, 1.82) is 0 Å². The number of carbonyl (C=O) groups excluding carboxylic acids is 2. The van der Waals surface area contributed by atoms with Gasteiger partial charge in [-0.2, -0.15) is 0 Å². The Hall–Kier alpha value is -3.30. The van der Waals surface area contributed by atoms with E-state index in [-0.39, 0.29) is 18.6 Å². The van der Waals surface area contributed by atoms with Crippen LogP contribution in [0.1, 0.15) is 40.5 Å². The Morgan fingerprint density at radius 2 is 1.72 bits per heavy atom. The molecule has 0 unspecified atom stereocenters. The second-order valence-corrected chi connectivity index (χ2v) is 9.63. The predicted octanol–water partition coefficient (Wildman–Crippen LogP) is 2.97. The number of carbonyl (C=O) groups is 2. The topological polar surface area (TPSA) is 92.4 Å². The SMILES string of the molecule is CC1CCN(c2ccc(NC(=O)c3ccc4c(c3)OCO4)cc2C(=O)NCCN2CCOCC2)CC1. The standard InChI is InChI=1S/C27H34N4O5/c1-19-6-9-31(10-7-19)23-4-3-21(29-26(32)20-2-5-24-25(16-20)36-18-35-24)17-22(23)27(33)28-8-11-30-12-14-34-15-13-30/h2-5,16-17,19H,6-15,18H2,1H3,(H,28,33)(H,29,32). The van der Waals surface area contributed by atoms with Crippen molar-refractivity contribution >= 4 is 23.2 Å². The van der Waals surface area contributed by atoms with Crippen molar-refractivity contribution in [3.05, 3.63) is 47.5 Å². The van der Waals surface area contributed by atoms with Gasteiger partial charge < -0.3 is 29.7 Å². The Kier molecular flexibility index (Phi) is 7.58. The van der Waals surface area contributed by atoms with Crippen LogP contribution in [0.3, 0.4) is 0 Å². The normalized spacial score (nSPS) is 18.2. The molecule has 9 heteroatoms. The Morgan fingerprint density at radius 1 is 0.944 bits per heavy atom. The summed E-state index contributed by atoms with van der Waals surface area (Å²) >= 11 is 0. The molecule has 0 aromatic heterocycles. The molecule has 0 radical (unpaired) electrons. The van der Waals surface area contributed by atoms with Gasteiger partial charge in [0.1, 0.15) is 0 Å². The number of anilines is 2. The molecule has 3 aliphatic heterocycles. The number of ether oxygens (including phenoxy) is 3. The summed E-state index contributed by atoms with van der Waals surface area (Å²) in [5, 5.41) is 6.02. The van der Waals surface area contributed by atoms with Gasteiger partial charge in [-0.1, -0.05) is 6.92 Å². The zero-order valence-electron chi connectivity index (χ0n) is 20.8. The number of nitrogens with zero attached hydrogens (tertiary/aromatic N) is 2. The maximum Gasteiger partial charge on any atom is 0.255 e. The highest BCUT2D eigenvalue weighted by molar-refractivity contribution is 6.06. The van der Waals surface area contributed by atoms with Crippen LogP contribution in [0.2, 0.25) is 0 Å². The summed E-state index contributed by atoms with van der Waals surface area (Å²) < 4.78 is 16.1. The predicted molar refractivity (Wildman–Crippen MR) is 137 cm³/mol. The summed E-state index contributed by atoms with van der Waals surface area (Å²) in [6.07, 6.45) is 2.20. The molecule has 2 amide bonds. The van der Waals surface area contributed by atoms with E-state index in [1.54, 1.807) is 24.3 Å². The number of fused-ring (bicyclic) bond motifs is 1. The summed E-state index contributed by atoms with van der Waals surface area (Å²) in [7, 11) is 0. The van der Waals surface area contributed by atoms with Crippen molar-refractivity contribution in [1.82, 2.24) is 10.2 Å². The molecule has 3 aliphatic rings. The molecule has 0 saturated carbocycles. The van der Waals surface area contributed by atoms with Crippen molar-refractivity contribution in [3.8, 4) is 11.5 Å². The van der Waals surface area contributed by atoms with E-state index >= 15 is 0 Å². The fraction of sp³-hybridized carbons (Fsp3) is 0.481. The van der Waals surface area contributed by atoms with Crippen LogP contribution in [0.5, 0.6) is 11.5 Å².